The summed E-state index contributed by atoms with van der Waals surface area (Å²) in [4.78, 5) is 9.14. The van der Waals surface area contributed by atoms with Crippen LogP contribution in [-0.4, -0.2) is 22.1 Å². The summed E-state index contributed by atoms with van der Waals surface area (Å²) < 4.78 is 8.15. The monoisotopic (exact) mass is 367 g/mol. The van der Waals surface area contributed by atoms with Crippen LogP contribution in [0, 0.1) is 12.8 Å². The minimum Gasteiger partial charge on any atom is -0.459 e. The van der Waals surface area contributed by atoms with E-state index in [2.05, 4.69) is 53.9 Å². The zero-order chi connectivity index (χ0) is 19.2. The van der Waals surface area contributed by atoms with E-state index in [4.69, 9.17) is 9.41 Å². The van der Waals surface area contributed by atoms with Gasteiger partial charge in [-0.15, -0.1) is 0 Å². The Morgan fingerprint density at radius 1 is 1.26 bits per heavy atom. The van der Waals surface area contributed by atoms with Crippen LogP contribution < -0.4 is 10.6 Å². The van der Waals surface area contributed by atoms with Gasteiger partial charge in [-0.25, -0.2) is 9.98 Å². The Balaban J connectivity index is 1.69. The summed E-state index contributed by atoms with van der Waals surface area (Å²) in [6.07, 6.45) is 3.86. The zero-order valence-electron chi connectivity index (χ0n) is 16.6. The fourth-order valence-corrected chi connectivity index (χ4v) is 3.10. The number of imidazole rings is 1. The van der Waals surface area contributed by atoms with Gasteiger partial charge in [0.05, 0.1) is 6.54 Å². The van der Waals surface area contributed by atoms with E-state index in [-0.39, 0.29) is 0 Å². The number of aryl methyl sites for hydroxylation is 1. The van der Waals surface area contributed by atoms with Gasteiger partial charge in [-0.05, 0) is 25.8 Å². The molecule has 2 N–H and O–H groups in total. The van der Waals surface area contributed by atoms with Crippen LogP contribution in [0.25, 0.3) is 11.0 Å². The molecule has 0 aliphatic carbocycles. The molecule has 3 rings (SSSR count). The normalized spacial score (nSPS) is 12.1. The van der Waals surface area contributed by atoms with Crippen molar-refractivity contribution in [2.45, 2.75) is 47.3 Å². The molecule has 0 aliphatic heterocycles. The number of aliphatic imine (C=N–C) groups is 1. The minimum atomic E-state index is 0.536. The van der Waals surface area contributed by atoms with Crippen LogP contribution >= 0.6 is 0 Å². The predicted molar refractivity (Wildman–Crippen MR) is 110 cm³/mol. The van der Waals surface area contributed by atoms with Gasteiger partial charge in [0.15, 0.2) is 5.96 Å². The van der Waals surface area contributed by atoms with E-state index in [1.165, 1.54) is 5.56 Å². The molecule has 27 heavy (non-hydrogen) atoms. The molecule has 0 atom stereocenters. The molecule has 3 aromatic rings. The van der Waals surface area contributed by atoms with Gasteiger partial charge in [0.1, 0.15) is 23.7 Å². The van der Waals surface area contributed by atoms with Gasteiger partial charge >= 0.3 is 0 Å². The van der Waals surface area contributed by atoms with Crippen LogP contribution in [0.15, 0.2) is 46.1 Å². The number of rotatable bonds is 7. The lowest BCUT2D eigenvalue weighted by Crippen LogP contribution is -2.36. The standard InChI is InChI=1S/C21H29N5O/c1-5-22-21(25-13-20-23-10-11-26(20)14-15(2)3)24-12-19-16(4)17-8-6-7-9-18(17)27-19/h6-11,15H,5,12-14H2,1-4H3,(H2,22,24,25). The molecule has 0 fully saturated rings. The molecule has 0 radical (unpaired) electrons. The van der Waals surface area contributed by atoms with Crippen LogP contribution in [0.4, 0.5) is 0 Å². The predicted octanol–water partition coefficient (Wildman–Crippen LogP) is 3.85. The van der Waals surface area contributed by atoms with Gasteiger partial charge in [0.2, 0.25) is 0 Å². The third-order valence-corrected chi connectivity index (χ3v) is 4.45. The molecule has 0 unspecified atom stereocenters. The highest BCUT2D eigenvalue weighted by Crippen LogP contribution is 2.24. The number of fused-ring (bicyclic) bond motifs is 1. The van der Waals surface area contributed by atoms with Crippen molar-refractivity contribution < 1.29 is 4.42 Å². The molecule has 0 spiro atoms. The Labute approximate surface area is 160 Å². The van der Waals surface area contributed by atoms with Gasteiger partial charge < -0.3 is 19.6 Å². The SMILES string of the molecule is CCNC(=NCc1nccn1CC(C)C)NCc1oc2ccccc2c1C. The third kappa shape index (κ3) is 4.70. The maximum atomic E-state index is 5.98. The van der Waals surface area contributed by atoms with Crippen molar-refractivity contribution in [3.8, 4) is 0 Å². The van der Waals surface area contributed by atoms with Crippen molar-refractivity contribution in [1.29, 1.82) is 0 Å². The van der Waals surface area contributed by atoms with Crippen molar-refractivity contribution in [2.24, 2.45) is 10.9 Å². The summed E-state index contributed by atoms with van der Waals surface area (Å²) in [7, 11) is 0. The molecule has 144 valence electrons. The molecule has 2 aromatic heterocycles. The van der Waals surface area contributed by atoms with Gasteiger partial charge in [0.25, 0.3) is 0 Å². The van der Waals surface area contributed by atoms with Crippen LogP contribution in [0.3, 0.4) is 0 Å². The highest BCUT2D eigenvalue weighted by atomic mass is 16.3. The van der Waals surface area contributed by atoms with E-state index in [1.54, 1.807) is 0 Å². The molecule has 0 bridgehead atoms. The Bertz CT molecular complexity index is 906. The van der Waals surface area contributed by atoms with Crippen molar-refractivity contribution in [3.63, 3.8) is 0 Å². The number of benzene rings is 1. The first-order valence-electron chi connectivity index (χ1n) is 9.57. The van der Waals surface area contributed by atoms with Crippen molar-refractivity contribution in [2.75, 3.05) is 6.54 Å². The van der Waals surface area contributed by atoms with Gasteiger partial charge in [0, 0.05) is 36.4 Å². The van der Waals surface area contributed by atoms with Crippen molar-refractivity contribution >= 4 is 16.9 Å². The van der Waals surface area contributed by atoms with Crippen molar-refractivity contribution in [3.05, 3.63) is 53.8 Å². The van der Waals surface area contributed by atoms with Crippen LogP contribution in [0.1, 0.15) is 37.9 Å². The number of nitrogens with one attached hydrogen (secondary N) is 2. The Hall–Kier alpha value is -2.76. The second kappa shape index (κ2) is 8.75. The highest BCUT2D eigenvalue weighted by molar-refractivity contribution is 5.82. The minimum absolute atomic E-state index is 0.536. The summed E-state index contributed by atoms with van der Waals surface area (Å²) in [5.41, 5.74) is 2.09. The number of furan rings is 1. The summed E-state index contributed by atoms with van der Waals surface area (Å²) in [6, 6.07) is 8.12. The molecule has 0 amide bonds. The second-order valence-electron chi connectivity index (χ2n) is 7.08. The molecule has 6 nitrogen and oxygen atoms in total. The van der Waals surface area contributed by atoms with E-state index in [0.29, 0.717) is 19.0 Å². The highest BCUT2D eigenvalue weighted by Gasteiger charge is 2.10. The number of hydrogen-bond donors (Lipinski definition) is 2. The average molecular weight is 367 g/mol. The molecule has 1 aromatic carbocycles. The summed E-state index contributed by atoms with van der Waals surface area (Å²) in [5, 5.41) is 7.82. The number of para-hydroxylation sites is 1. The molecular weight excluding hydrogens is 338 g/mol. The Morgan fingerprint density at radius 2 is 2.07 bits per heavy atom. The Kier molecular flexibility index (Phi) is 6.16. The quantitative estimate of drug-likeness (QED) is 0.492. The van der Waals surface area contributed by atoms with Gasteiger partial charge in [-0.1, -0.05) is 32.0 Å². The number of guanidine groups is 1. The fraction of sp³-hybridized carbons (Fsp3) is 0.429. The summed E-state index contributed by atoms with van der Waals surface area (Å²) in [5.74, 6) is 3.24. The smallest absolute Gasteiger partial charge is 0.192 e. The fourth-order valence-electron chi connectivity index (χ4n) is 3.10. The zero-order valence-corrected chi connectivity index (χ0v) is 16.6. The molecular formula is C21H29N5O. The van der Waals surface area contributed by atoms with E-state index in [9.17, 15) is 0 Å². The third-order valence-electron chi connectivity index (χ3n) is 4.45. The molecule has 0 aliphatic rings. The van der Waals surface area contributed by atoms with Gasteiger partial charge in [-0.2, -0.15) is 0 Å². The first kappa shape index (κ1) is 19.0. The summed E-state index contributed by atoms with van der Waals surface area (Å²) in [6.45, 7) is 11.4. The Morgan fingerprint density at radius 3 is 2.81 bits per heavy atom. The molecule has 0 saturated heterocycles. The maximum absolute atomic E-state index is 5.98. The molecule has 2 heterocycles. The number of hydrogen-bond acceptors (Lipinski definition) is 3. The lowest BCUT2D eigenvalue weighted by molar-refractivity contribution is 0.507. The average Bonchev–Trinajstić information content (AvgIpc) is 3.21. The second-order valence-corrected chi connectivity index (χ2v) is 7.08. The van der Waals surface area contributed by atoms with E-state index in [1.807, 2.05) is 30.6 Å². The molecule has 6 heteroatoms. The van der Waals surface area contributed by atoms with E-state index in [0.717, 1.165) is 41.6 Å². The lowest BCUT2D eigenvalue weighted by Gasteiger charge is -2.12. The van der Waals surface area contributed by atoms with E-state index >= 15 is 0 Å². The van der Waals surface area contributed by atoms with Crippen LogP contribution in [0.5, 0.6) is 0 Å². The largest absolute Gasteiger partial charge is 0.459 e. The lowest BCUT2D eigenvalue weighted by atomic mass is 10.1. The number of aromatic nitrogens is 2. The van der Waals surface area contributed by atoms with Crippen LogP contribution in [-0.2, 0) is 19.6 Å². The van der Waals surface area contributed by atoms with Crippen LogP contribution in [0.2, 0.25) is 0 Å². The number of nitrogens with zero attached hydrogens (tertiary/aromatic N) is 3. The van der Waals surface area contributed by atoms with Gasteiger partial charge in [-0.3, -0.25) is 0 Å². The first-order chi connectivity index (χ1) is 13.1. The summed E-state index contributed by atoms with van der Waals surface area (Å²) >= 11 is 0. The van der Waals surface area contributed by atoms with Crippen molar-refractivity contribution in [1.82, 2.24) is 20.2 Å². The van der Waals surface area contributed by atoms with E-state index < -0.39 is 0 Å². The maximum Gasteiger partial charge on any atom is 0.192 e. The topological polar surface area (TPSA) is 67.4 Å². The first-order valence-corrected chi connectivity index (χ1v) is 9.57. The molecule has 0 saturated carbocycles.